The molecule has 6 heteroatoms. The Morgan fingerprint density at radius 1 is 1.14 bits per heavy atom. The third-order valence-corrected chi connectivity index (χ3v) is 6.29. The number of piperazine rings is 1. The lowest BCUT2D eigenvalue weighted by molar-refractivity contribution is 0.0753. The van der Waals surface area contributed by atoms with Crippen molar-refractivity contribution in [2.45, 2.75) is 32.9 Å². The summed E-state index contributed by atoms with van der Waals surface area (Å²) < 4.78 is 5.47. The van der Waals surface area contributed by atoms with E-state index in [1.54, 1.807) is 11.3 Å². The van der Waals surface area contributed by atoms with Gasteiger partial charge in [-0.3, -0.25) is 9.69 Å². The maximum atomic E-state index is 12.8. The van der Waals surface area contributed by atoms with Crippen molar-refractivity contribution in [3.8, 4) is 5.75 Å². The number of thiophene rings is 1. The molecular weight excluding hydrogens is 370 g/mol. The SMILES string of the molecule is CCOc1ccc(C(=O)N[C@@H](C)[C@@H](c2cccs2)N2CCN(CC)CC2)cc1. The Hall–Kier alpha value is -1.89. The van der Waals surface area contributed by atoms with Crippen LogP contribution in [-0.4, -0.2) is 61.1 Å². The van der Waals surface area contributed by atoms with Crippen molar-refractivity contribution in [3.63, 3.8) is 0 Å². The van der Waals surface area contributed by atoms with Gasteiger partial charge < -0.3 is 15.0 Å². The minimum atomic E-state index is -0.0377. The van der Waals surface area contributed by atoms with E-state index in [9.17, 15) is 4.79 Å². The molecule has 2 aromatic rings. The van der Waals surface area contributed by atoms with Crippen molar-refractivity contribution in [2.75, 3.05) is 39.3 Å². The first-order valence-corrected chi connectivity index (χ1v) is 11.0. The topological polar surface area (TPSA) is 44.8 Å². The normalized spacial score (nSPS) is 17.8. The van der Waals surface area contributed by atoms with Gasteiger partial charge in [0.1, 0.15) is 5.75 Å². The molecule has 1 aliphatic rings. The molecule has 3 rings (SSSR count). The number of carbonyl (C=O) groups excluding carboxylic acids is 1. The summed E-state index contributed by atoms with van der Waals surface area (Å²) in [5.74, 6) is 0.752. The van der Waals surface area contributed by atoms with E-state index in [1.807, 2.05) is 31.2 Å². The predicted molar refractivity (Wildman–Crippen MR) is 115 cm³/mol. The third kappa shape index (κ3) is 5.13. The molecule has 1 saturated heterocycles. The third-order valence-electron chi connectivity index (χ3n) is 5.34. The number of likely N-dealkylation sites (N-methyl/N-ethyl adjacent to an activating group) is 1. The molecule has 0 saturated carbocycles. The molecule has 1 N–H and O–H groups in total. The summed E-state index contributed by atoms with van der Waals surface area (Å²) in [7, 11) is 0. The van der Waals surface area contributed by atoms with Gasteiger partial charge in [-0.05, 0) is 56.1 Å². The zero-order chi connectivity index (χ0) is 19.9. The maximum absolute atomic E-state index is 12.8. The van der Waals surface area contributed by atoms with Crippen LogP contribution in [0.25, 0.3) is 0 Å². The lowest BCUT2D eigenvalue weighted by Gasteiger charge is -2.41. The minimum absolute atomic E-state index is 0.0193. The number of benzene rings is 1. The van der Waals surface area contributed by atoms with Crippen LogP contribution in [0.5, 0.6) is 5.75 Å². The summed E-state index contributed by atoms with van der Waals surface area (Å²) in [6.07, 6.45) is 0. The highest BCUT2D eigenvalue weighted by atomic mass is 32.1. The molecule has 28 heavy (non-hydrogen) atoms. The van der Waals surface area contributed by atoms with Crippen LogP contribution in [0.4, 0.5) is 0 Å². The Labute approximate surface area is 172 Å². The van der Waals surface area contributed by atoms with E-state index < -0.39 is 0 Å². The molecule has 2 atom stereocenters. The number of carbonyl (C=O) groups is 1. The Morgan fingerprint density at radius 3 is 2.43 bits per heavy atom. The number of nitrogens with zero attached hydrogens (tertiary/aromatic N) is 2. The van der Waals surface area contributed by atoms with Crippen LogP contribution in [-0.2, 0) is 0 Å². The van der Waals surface area contributed by atoms with Crippen LogP contribution in [0.1, 0.15) is 42.0 Å². The number of hydrogen-bond acceptors (Lipinski definition) is 5. The fraction of sp³-hybridized carbons (Fsp3) is 0.500. The summed E-state index contributed by atoms with van der Waals surface area (Å²) in [6.45, 7) is 12.2. The molecule has 0 unspecified atom stereocenters. The van der Waals surface area contributed by atoms with Gasteiger partial charge in [-0.1, -0.05) is 13.0 Å². The van der Waals surface area contributed by atoms with E-state index >= 15 is 0 Å². The quantitative estimate of drug-likeness (QED) is 0.733. The number of rotatable bonds is 8. The average Bonchev–Trinajstić information content (AvgIpc) is 3.23. The Kier molecular flexibility index (Phi) is 7.48. The van der Waals surface area contributed by atoms with Gasteiger partial charge in [-0.25, -0.2) is 0 Å². The van der Waals surface area contributed by atoms with Gasteiger partial charge >= 0.3 is 0 Å². The Balaban J connectivity index is 1.69. The molecular formula is C22H31N3O2S. The van der Waals surface area contributed by atoms with Gasteiger partial charge in [0.2, 0.25) is 0 Å². The van der Waals surface area contributed by atoms with Gasteiger partial charge in [0, 0.05) is 42.7 Å². The van der Waals surface area contributed by atoms with Crippen LogP contribution in [0.3, 0.4) is 0 Å². The zero-order valence-corrected chi connectivity index (χ0v) is 17.9. The minimum Gasteiger partial charge on any atom is -0.494 e. The second-order valence-electron chi connectivity index (χ2n) is 7.15. The van der Waals surface area contributed by atoms with Crippen molar-refractivity contribution in [3.05, 3.63) is 52.2 Å². The van der Waals surface area contributed by atoms with Crippen molar-refractivity contribution in [1.29, 1.82) is 0 Å². The first kappa shape index (κ1) is 20.8. The van der Waals surface area contributed by atoms with E-state index in [0.29, 0.717) is 12.2 Å². The summed E-state index contributed by atoms with van der Waals surface area (Å²) in [6, 6.07) is 11.8. The summed E-state index contributed by atoms with van der Waals surface area (Å²) >= 11 is 1.77. The molecule has 0 bridgehead atoms. The standard InChI is InChI=1S/C22H31N3O2S/c1-4-24-12-14-25(15-13-24)21(20-7-6-16-28-20)17(3)23-22(26)18-8-10-19(11-9-18)27-5-2/h6-11,16-17,21H,4-5,12-15H2,1-3H3,(H,23,26)/t17-,21-/m0/s1. The average molecular weight is 402 g/mol. The number of ether oxygens (including phenoxy) is 1. The Morgan fingerprint density at radius 2 is 1.86 bits per heavy atom. The van der Waals surface area contributed by atoms with Crippen LogP contribution in [0.2, 0.25) is 0 Å². The smallest absolute Gasteiger partial charge is 0.251 e. The van der Waals surface area contributed by atoms with Crippen molar-refractivity contribution in [1.82, 2.24) is 15.1 Å². The van der Waals surface area contributed by atoms with E-state index in [2.05, 4.69) is 46.5 Å². The number of nitrogens with one attached hydrogen (secondary N) is 1. The highest BCUT2D eigenvalue weighted by Gasteiger charge is 2.30. The van der Waals surface area contributed by atoms with E-state index in [0.717, 1.165) is 38.5 Å². The van der Waals surface area contributed by atoms with Crippen LogP contribution in [0, 0.1) is 0 Å². The molecule has 1 aromatic carbocycles. The molecule has 152 valence electrons. The zero-order valence-electron chi connectivity index (χ0n) is 17.1. The largest absolute Gasteiger partial charge is 0.494 e. The highest BCUT2D eigenvalue weighted by Crippen LogP contribution is 2.29. The van der Waals surface area contributed by atoms with Gasteiger partial charge in [0.15, 0.2) is 0 Å². The molecule has 5 nitrogen and oxygen atoms in total. The summed E-state index contributed by atoms with van der Waals surface area (Å²) in [5, 5.41) is 5.35. The fourth-order valence-electron chi connectivity index (χ4n) is 3.80. The lowest BCUT2D eigenvalue weighted by Crippen LogP contribution is -2.52. The first-order valence-electron chi connectivity index (χ1n) is 10.2. The number of amides is 1. The van der Waals surface area contributed by atoms with Gasteiger partial charge in [0.25, 0.3) is 5.91 Å². The van der Waals surface area contributed by atoms with Crippen molar-refractivity contribution in [2.24, 2.45) is 0 Å². The van der Waals surface area contributed by atoms with Crippen LogP contribution in [0.15, 0.2) is 41.8 Å². The van der Waals surface area contributed by atoms with Crippen molar-refractivity contribution >= 4 is 17.2 Å². The first-order chi connectivity index (χ1) is 13.6. The van der Waals surface area contributed by atoms with Crippen LogP contribution >= 0.6 is 11.3 Å². The second kappa shape index (κ2) is 10.0. The van der Waals surface area contributed by atoms with Gasteiger partial charge in [-0.2, -0.15) is 0 Å². The van der Waals surface area contributed by atoms with E-state index in [-0.39, 0.29) is 18.0 Å². The second-order valence-corrected chi connectivity index (χ2v) is 8.13. The van der Waals surface area contributed by atoms with Crippen molar-refractivity contribution < 1.29 is 9.53 Å². The molecule has 1 aliphatic heterocycles. The molecule has 1 aromatic heterocycles. The fourth-order valence-corrected chi connectivity index (χ4v) is 4.76. The summed E-state index contributed by atoms with van der Waals surface area (Å²) in [5.41, 5.74) is 0.663. The maximum Gasteiger partial charge on any atom is 0.251 e. The summed E-state index contributed by atoms with van der Waals surface area (Å²) in [4.78, 5) is 19.1. The van der Waals surface area contributed by atoms with Crippen LogP contribution < -0.4 is 10.1 Å². The Bertz CT molecular complexity index is 725. The monoisotopic (exact) mass is 401 g/mol. The number of hydrogen-bond donors (Lipinski definition) is 1. The van der Waals surface area contributed by atoms with E-state index in [1.165, 1.54) is 4.88 Å². The molecule has 0 spiro atoms. The lowest BCUT2D eigenvalue weighted by atomic mass is 10.0. The van der Waals surface area contributed by atoms with Gasteiger partial charge in [-0.15, -0.1) is 11.3 Å². The molecule has 1 amide bonds. The highest BCUT2D eigenvalue weighted by molar-refractivity contribution is 7.10. The molecule has 0 radical (unpaired) electrons. The van der Waals surface area contributed by atoms with Gasteiger partial charge in [0.05, 0.1) is 12.6 Å². The molecule has 2 heterocycles. The molecule has 1 fully saturated rings. The molecule has 0 aliphatic carbocycles. The predicted octanol–water partition coefficient (Wildman–Crippen LogP) is 3.64. The van der Waals surface area contributed by atoms with E-state index in [4.69, 9.17) is 4.74 Å².